The Balaban J connectivity index is 1.92. The van der Waals surface area contributed by atoms with E-state index in [4.69, 9.17) is 9.26 Å². The molecule has 1 fully saturated rings. The van der Waals surface area contributed by atoms with E-state index in [1.54, 1.807) is 25.9 Å². The second-order valence-corrected chi connectivity index (χ2v) is 4.56. The van der Waals surface area contributed by atoms with Crippen molar-refractivity contribution in [2.45, 2.75) is 19.6 Å². The number of aromatic nitrogens is 2. The molecule has 1 amide bonds. The summed E-state index contributed by atoms with van der Waals surface area (Å²) in [5, 5.41) is 3.85. The van der Waals surface area contributed by atoms with E-state index in [0.717, 1.165) is 6.54 Å². The van der Waals surface area contributed by atoms with Gasteiger partial charge in [0.25, 0.3) is 5.91 Å². The van der Waals surface area contributed by atoms with E-state index in [1.165, 1.54) is 0 Å². The maximum absolute atomic E-state index is 11.8. The van der Waals surface area contributed by atoms with Gasteiger partial charge in [-0.25, -0.2) is 0 Å². The summed E-state index contributed by atoms with van der Waals surface area (Å²) in [5.74, 6) is 1.19. The highest BCUT2D eigenvalue weighted by Gasteiger charge is 2.28. The minimum absolute atomic E-state index is 0.0102. The molecule has 0 saturated carbocycles. The van der Waals surface area contributed by atoms with Crippen LogP contribution in [-0.4, -0.2) is 65.7 Å². The first-order valence-electron chi connectivity index (χ1n) is 5.90. The molecule has 1 aromatic heterocycles. The van der Waals surface area contributed by atoms with E-state index in [9.17, 15) is 4.79 Å². The van der Waals surface area contributed by atoms with Gasteiger partial charge in [-0.3, -0.25) is 9.69 Å². The van der Waals surface area contributed by atoms with Gasteiger partial charge in [0, 0.05) is 34.1 Å². The molecule has 1 atom stereocenters. The third kappa shape index (κ3) is 3.05. The van der Waals surface area contributed by atoms with Crippen LogP contribution in [0.5, 0.6) is 0 Å². The number of carbonyl (C=O) groups excluding carboxylic acids is 1. The second-order valence-electron chi connectivity index (χ2n) is 4.56. The normalized spacial score (nSPS) is 20.9. The number of hydrogen-bond acceptors (Lipinski definition) is 6. The highest BCUT2D eigenvalue weighted by molar-refractivity contribution is 5.80. The lowest BCUT2D eigenvalue weighted by Gasteiger charge is -2.32. The van der Waals surface area contributed by atoms with E-state index < -0.39 is 6.10 Å². The van der Waals surface area contributed by atoms with Crippen molar-refractivity contribution in [3.63, 3.8) is 0 Å². The predicted octanol–water partition coefficient (Wildman–Crippen LogP) is -0.333. The molecule has 0 bridgehead atoms. The molecule has 0 radical (unpaired) electrons. The summed E-state index contributed by atoms with van der Waals surface area (Å²) in [4.78, 5) is 19.6. The number of amides is 1. The van der Waals surface area contributed by atoms with E-state index in [0.29, 0.717) is 31.4 Å². The Morgan fingerprint density at radius 1 is 1.56 bits per heavy atom. The number of morpholine rings is 1. The molecule has 7 nitrogen and oxygen atoms in total. The van der Waals surface area contributed by atoms with E-state index in [1.807, 2.05) is 0 Å². The zero-order valence-corrected chi connectivity index (χ0v) is 10.9. The molecule has 1 aliphatic heterocycles. The molecule has 2 rings (SSSR count). The predicted molar refractivity (Wildman–Crippen MR) is 62.7 cm³/mol. The summed E-state index contributed by atoms with van der Waals surface area (Å²) < 4.78 is 10.4. The van der Waals surface area contributed by atoms with Crippen molar-refractivity contribution in [2.75, 3.05) is 33.8 Å². The number of hydrogen-bond donors (Lipinski definition) is 0. The zero-order chi connectivity index (χ0) is 13.1. The van der Waals surface area contributed by atoms with E-state index >= 15 is 0 Å². The van der Waals surface area contributed by atoms with Crippen LogP contribution in [0.25, 0.3) is 0 Å². The Labute approximate surface area is 106 Å². The Bertz CT molecular complexity index is 418. The van der Waals surface area contributed by atoms with Crippen molar-refractivity contribution >= 4 is 5.91 Å². The molecule has 1 saturated heterocycles. The van der Waals surface area contributed by atoms with Crippen LogP contribution in [-0.2, 0) is 16.1 Å². The molecular formula is C11H18N4O3. The number of likely N-dealkylation sites (N-methyl/N-ethyl adjacent to an activating group) is 1. The second kappa shape index (κ2) is 5.45. The van der Waals surface area contributed by atoms with Crippen molar-refractivity contribution in [3.8, 4) is 0 Å². The fraction of sp³-hybridized carbons (Fsp3) is 0.727. The Hall–Kier alpha value is -1.47. The van der Waals surface area contributed by atoms with Gasteiger partial charge in [-0.05, 0) is 0 Å². The van der Waals surface area contributed by atoms with Crippen molar-refractivity contribution in [1.29, 1.82) is 0 Å². The van der Waals surface area contributed by atoms with Crippen LogP contribution in [0, 0.1) is 6.92 Å². The summed E-state index contributed by atoms with van der Waals surface area (Å²) in [7, 11) is 3.46. The van der Waals surface area contributed by atoms with Crippen LogP contribution < -0.4 is 0 Å². The van der Waals surface area contributed by atoms with Crippen molar-refractivity contribution in [1.82, 2.24) is 19.9 Å². The topological polar surface area (TPSA) is 71.7 Å². The zero-order valence-electron chi connectivity index (χ0n) is 10.9. The average Bonchev–Trinajstić information content (AvgIpc) is 2.74. The molecule has 0 aromatic carbocycles. The first kappa shape index (κ1) is 13.0. The molecule has 7 heteroatoms. The number of aryl methyl sites for hydroxylation is 1. The Morgan fingerprint density at radius 3 is 2.94 bits per heavy atom. The molecular weight excluding hydrogens is 236 g/mol. The van der Waals surface area contributed by atoms with Crippen LogP contribution in [0.15, 0.2) is 4.52 Å². The number of rotatable bonds is 3. The van der Waals surface area contributed by atoms with E-state index in [-0.39, 0.29) is 5.91 Å². The van der Waals surface area contributed by atoms with Gasteiger partial charge in [0.1, 0.15) is 6.10 Å². The monoisotopic (exact) mass is 254 g/mol. The molecule has 0 aliphatic carbocycles. The van der Waals surface area contributed by atoms with Crippen LogP contribution in [0.3, 0.4) is 0 Å². The van der Waals surface area contributed by atoms with Crippen molar-refractivity contribution in [3.05, 3.63) is 11.7 Å². The smallest absolute Gasteiger partial charge is 0.252 e. The van der Waals surface area contributed by atoms with Crippen molar-refractivity contribution < 1.29 is 14.1 Å². The van der Waals surface area contributed by atoms with Gasteiger partial charge >= 0.3 is 0 Å². The number of ether oxygens (including phenoxy) is 1. The minimum atomic E-state index is -0.401. The third-order valence-corrected chi connectivity index (χ3v) is 2.80. The van der Waals surface area contributed by atoms with Gasteiger partial charge in [-0.2, -0.15) is 4.98 Å². The van der Waals surface area contributed by atoms with Crippen LogP contribution >= 0.6 is 0 Å². The van der Waals surface area contributed by atoms with Crippen LogP contribution in [0.4, 0.5) is 0 Å². The SMILES string of the molecule is Cc1nc(CN2CCOC(C(=O)N(C)C)C2)no1. The van der Waals surface area contributed by atoms with Gasteiger partial charge in [0.2, 0.25) is 5.89 Å². The summed E-state index contributed by atoms with van der Waals surface area (Å²) in [5.41, 5.74) is 0. The summed E-state index contributed by atoms with van der Waals surface area (Å²) in [6.45, 7) is 4.21. The van der Waals surface area contributed by atoms with Gasteiger partial charge in [0.15, 0.2) is 5.82 Å². The molecule has 2 heterocycles. The quantitative estimate of drug-likeness (QED) is 0.735. The largest absolute Gasteiger partial charge is 0.366 e. The summed E-state index contributed by atoms with van der Waals surface area (Å²) in [6, 6.07) is 0. The summed E-state index contributed by atoms with van der Waals surface area (Å²) >= 11 is 0. The number of carbonyl (C=O) groups is 1. The summed E-state index contributed by atoms with van der Waals surface area (Å²) in [6.07, 6.45) is -0.401. The fourth-order valence-corrected chi connectivity index (χ4v) is 1.89. The molecule has 0 spiro atoms. The highest BCUT2D eigenvalue weighted by Crippen LogP contribution is 2.10. The first-order valence-corrected chi connectivity index (χ1v) is 5.90. The molecule has 1 aliphatic rings. The number of nitrogens with zero attached hydrogens (tertiary/aromatic N) is 4. The molecule has 1 unspecified atom stereocenters. The van der Waals surface area contributed by atoms with Gasteiger partial charge in [-0.1, -0.05) is 5.16 Å². The lowest BCUT2D eigenvalue weighted by molar-refractivity contribution is -0.147. The van der Waals surface area contributed by atoms with Crippen LogP contribution in [0.2, 0.25) is 0 Å². The maximum Gasteiger partial charge on any atom is 0.252 e. The van der Waals surface area contributed by atoms with Crippen LogP contribution in [0.1, 0.15) is 11.7 Å². The minimum Gasteiger partial charge on any atom is -0.366 e. The lowest BCUT2D eigenvalue weighted by atomic mass is 10.2. The lowest BCUT2D eigenvalue weighted by Crippen LogP contribution is -2.49. The fourth-order valence-electron chi connectivity index (χ4n) is 1.89. The maximum atomic E-state index is 11.8. The Morgan fingerprint density at radius 2 is 2.33 bits per heavy atom. The van der Waals surface area contributed by atoms with E-state index in [2.05, 4.69) is 15.0 Å². The first-order chi connectivity index (χ1) is 8.56. The molecule has 1 aromatic rings. The molecule has 0 N–H and O–H groups in total. The van der Waals surface area contributed by atoms with Gasteiger partial charge in [-0.15, -0.1) is 0 Å². The Kier molecular flexibility index (Phi) is 3.93. The van der Waals surface area contributed by atoms with Gasteiger partial charge in [0.05, 0.1) is 13.2 Å². The average molecular weight is 254 g/mol. The highest BCUT2D eigenvalue weighted by atomic mass is 16.5. The standard InChI is InChI=1S/C11H18N4O3/c1-8-12-10(13-18-8)7-15-4-5-17-9(6-15)11(16)14(2)3/h9H,4-7H2,1-3H3. The van der Waals surface area contributed by atoms with Gasteiger partial charge < -0.3 is 14.2 Å². The molecule has 18 heavy (non-hydrogen) atoms. The molecule has 100 valence electrons. The van der Waals surface area contributed by atoms with Crippen molar-refractivity contribution in [2.24, 2.45) is 0 Å². The third-order valence-electron chi connectivity index (χ3n) is 2.80.